The van der Waals surface area contributed by atoms with Crippen molar-refractivity contribution in [2.75, 3.05) is 48.8 Å². The van der Waals surface area contributed by atoms with Crippen molar-refractivity contribution in [2.45, 2.75) is 0 Å². The molecule has 1 aliphatic rings. The van der Waals surface area contributed by atoms with Gasteiger partial charge in [0.2, 0.25) is 5.95 Å². The van der Waals surface area contributed by atoms with Gasteiger partial charge in [0, 0.05) is 50.5 Å². The van der Waals surface area contributed by atoms with Crippen LogP contribution in [-0.4, -0.2) is 53.0 Å². The summed E-state index contributed by atoms with van der Waals surface area (Å²) in [6, 6.07) is 14.6. The summed E-state index contributed by atoms with van der Waals surface area (Å²) in [6.45, 7) is 3.05. The largest absolute Gasteiger partial charge is 0.497 e. The minimum absolute atomic E-state index is 0.357. The molecule has 0 unspecified atom stereocenters. The normalized spacial score (nSPS) is 14.2. The van der Waals surface area contributed by atoms with Crippen LogP contribution in [0.2, 0.25) is 0 Å². The predicted octanol–water partition coefficient (Wildman–Crippen LogP) is 3.09. The number of nitrogens with two attached hydrogens (primary N) is 1. The third kappa shape index (κ3) is 3.45. The lowest BCUT2D eigenvalue weighted by Gasteiger charge is -2.36. The summed E-state index contributed by atoms with van der Waals surface area (Å²) in [4.78, 5) is 13.8. The van der Waals surface area contributed by atoms with E-state index in [-0.39, 0.29) is 5.82 Å². The Kier molecular flexibility index (Phi) is 5.01. The molecule has 0 atom stereocenters. The van der Waals surface area contributed by atoms with Gasteiger partial charge in [0.15, 0.2) is 5.65 Å². The lowest BCUT2D eigenvalue weighted by atomic mass is 10.1. The summed E-state index contributed by atoms with van der Waals surface area (Å²) in [7, 11) is 3.41. The van der Waals surface area contributed by atoms with Gasteiger partial charge in [-0.2, -0.15) is 10.1 Å². The van der Waals surface area contributed by atoms with Gasteiger partial charge in [0.25, 0.3) is 0 Å². The van der Waals surface area contributed by atoms with Crippen molar-refractivity contribution in [1.29, 1.82) is 0 Å². The molecule has 0 amide bonds. The highest BCUT2D eigenvalue weighted by Crippen LogP contribution is 2.33. The van der Waals surface area contributed by atoms with Crippen molar-refractivity contribution >= 4 is 28.5 Å². The highest BCUT2D eigenvalue weighted by atomic mass is 19.1. The molecule has 0 aliphatic carbocycles. The first-order chi connectivity index (χ1) is 15.5. The Morgan fingerprint density at radius 1 is 0.969 bits per heavy atom. The second-order valence-electron chi connectivity index (χ2n) is 7.74. The zero-order valence-corrected chi connectivity index (χ0v) is 18.0. The van der Waals surface area contributed by atoms with Crippen molar-refractivity contribution in [3.8, 4) is 17.0 Å². The zero-order valence-electron chi connectivity index (χ0n) is 18.0. The SMILES string of the molecule is COc1cccc(N2CCN(c3nc(-c4ccccc4F)c4c(N)n(C)nc4n3)CC2)c1. The number of nitrogen functional groups attached to an aromatic ring is 1. The van der Waals surface area contributed by atoms with Gasteiger partial charge in [-0.1, -0.05) is 18.2 Å². The van der Waals surface area contributed by atoms with E-state index in [0.717, 1.165) is 37.6 Å². The Bertz CT molecular complexity index is 1280. The highest BCUT2D eigenvalue weighted by Gasteiger charge is 2.24. The van der Waals surface area contributed by atoms with Crippen LogP contribution in [0.25, 0.3) is 22.3 Å². The average molecular weight is 433 g/mol. The number of benzene rings is 2. The van der Waals surface area contributed by atoms with Crippen molar-refractivity contribution in [2.24, 2.45) is 7.05 Å². The van der Waals surface area contributed by atoms with E-state index in [1.54, 1.807) is 37.0 Å². The molecule has 0 radical (unpaired) electrons. The molecule has 1 fully saturated rings. The van der Waals surface area contributed by atoms with Crippen LogP contribution in [0.1, 0.15) is 0 Å². The fraction of sp³-hybridized carbons (Fsp3) is 0.261. The van der Waals surface area contributed by atoms with E-state index in [4.69, 9.17) is 15.5 Å². The molecular formula is C23H24FN7O. The Morgan fingerprint density at radius 2 is 1.72 bits per heavy atom. The number of rotatable bonds is 4. The Hall–Kier alpha value is -3.88. The summed E-state index contributed by atoms with van der Waals surface area (Å²) < 4.78 is 21.6. The topological polar surface area (TPSA) is 85.3 Å². The molecule has 164 valence electrons. The molecule has 0 bridgehead atoms. The number of hydrogen-bond donors (Lipinski definition) is 1. The quantitative estimate of drug-likeness (QED) is 0.529. The van der Waals surface area contributed by atoms with Crippen LogP contribution in [0, 0.1) is 5.82 Å². The molecule has 2 aromatic carbocycles. The standard InChI is InChI=1S/C23H24FN7O/c1-29-21(25)19-20(17-8-3-4-9-18(17)24)26-23(27-22(19)28-29)31-12-10-30(11-13-31)15-6-5-7-16(14-15)32-2/h3-9,14H,10-13,25H2,1-2H3. The Labute approximate surface area is 185 Å². The fourth-order valence-electron chi connectivity index (χ4n) is 4.06. The van der Waals surface area contributed by atoms with Crippen molar-refractivity contribution < 1.29 is 9.13 Å². The van der Waals surface area contributed by atoms with E-state index >= 15 is 0 Å². The average Bonchev–Trinajstić information content (AvgIpc) is 3.12. The van der Waals surface area contributed by atoms with E-state index in [1.807, 2.05) is 18.2 Å². The summed E-state index contributed by atoms with van der Waals surface area (Å²) >= 11 is 0. The van der Waals surface area contributed by atoms with Gasteiger partial charge < -0.3 is 20.3 Å². The third-order valence-electron chi connectivity index (χ3n) is 5.84. The first kappa shape index (κ1) is 20.0. The Morgan fingerprint density at radius 3 is 2.47 bits per heavy atom. The molecule has 2 aromatic heterocycles. The zero-order chi connectivity index (χ0) is 22.2. The van der Waals surface area contributed by atoms with Crippen LogP contribution < -0.4 is 20.3 Å². The van der Waals surface area contributed by atoms with E-state index in [9.17, 15) is 4.39 Å². The number of anilines is 3. The molecule has 4 aromatic rings. The fourth-order valence-corrected chi connectivity index (χ4v) is 4.06. The number of piperazine rings is 1. The monoisotopic (exact) mass is 433 g/mol. The van der Waals surface area contributed by atoms with E-state index in [2.05, 4.69) is 25.9 Å². The van der Waals surface area contributed by atoms with E-state index in [0.29, 0.717) is 34.1 Å². The molecule has 1 aliphatic heterocycles. The minimum Gasteiger partial charge on any atom is -0.497 e. The molecule has 3 heterocycles. The van der Waals surface area contributed by atoms with Crippen LogP contribution >= 0.6 is 0 Å². The van der Waals surface area contributed by atoms with Crippen LogP contribution in [0.3, 0.4) is 0 Å². The van der Waals surface area contributed by atoms with Crippen LogP contribution in [0.5, 0.6) is 5.75 Å². The molecular weight excluding hydrogens is 409 g/mol. The lowest BCUT2D eigenvalue weighted by Crippen LogP contribution is -2.47. The van der Waals surface area contributed by atoms with Gasteiger partial charge in [0.05, 0.1) is 18.2 Å². The van der Waals surface area contributed by atoms with Gasteiger partial charge in [-0.15, -0.1) is 0 Å². The van der Waals surface area contributed by atoms with Gasteiger partial charge in [-0.05, 0) is 24.3 Å². The maximum Gasteiger partial charge on any atom is 0.228 e. The molecule has 1 saturated heterocycles. The van der Waals surface area contributed by atoms with Gasteiger partial charge in [-0.3, -0.25) is 4.68 Å². The van der Waals surface area contributed by atoms with E-state index < -0.39 is 0 Å². The van der Waals surface area contributed by atoms with E-state index in [1.165, 1.54) is 6.07 Å². The third-order valence-corrected chi connectivity index (χ3v) is 5.84. The highest BCUT2D eigenvalue weighted by molar-refractivity contribution is 5.99. The molecule has 0 spiro atoms. The van der Waals surface area contributed by atoms with Crippen LogP contribution in [0.4, 0.5) is 21.8 Å². The first-order valence-corrected chi connectivity index (χ1v) is 10.4. The molecule has 9 heteroatoms. The number of nitrogens with zero attached hydrogens (tertiary/aromatic N) is 6. The smallest absolute Gasteiger partial charge is 0.228 e. The molecule has 2 N–H and O–H groups in total. The number of halogens is 1. The number of aryl methyl sites for hydroxylation is 1. The maximum atomic E-state index is 14.7. The van der Waals surface area contributed by atoms with Gasteiger partial charge >= 0.3 is 0 Å². The Balaban J connectivity index is 1.48. The van der Waals surface area contributed by atoms with Crippen LogP contribution in [0.15, 0.2) is 48.5 Å². The van der Waals surface area contributed by atoms with Gasteiger partial charge in [0.1, 0.15) is 17.4 Å². The minimum atomic E-state index is -0.357. The maximum absolute atomic E-state index is 14.7. The summed E-state index contributed by atoms with van der Waals surface area (Å²) in [5.74, 6) is 1.41. The summed E-state index contributed by atoms with van der Waals surface area (Å²) in [6.07, 6.45) is 0. The van der Waals surface area contributed by atoms with Gasteiger partial charge in [-0.25, -0.2) is 9.37 Å². The number of methoxy groups -OCH3 is 1. The molecule has 5 rings (SSSR count). The lowest BCUT2D eigenvalue weighted by molar-refractivity contribution is 0.414. The molecule has 0 saturated carbocycles. The second kappa shape index (κ2) is 7.99. The van der Waals surface area contributed by atoms with Crippen molar-refractivity contribution in [3.63, 3.8) is 0 Å². The first-order valence-electron chi connectivity index (χ1n) is 10.4. The summed E-state index contributed by atoms with van der Waals surface area (Å²) in [5, 5.41) is 5.00. The number of aromatic nitrogens is 4. The number of fused-ring (bicyclic) bond motifs is 1. The second-order valence-corrected chi connectivity index (χ2v) is 7.74. The summed E-state index contributed by atoms with van der Waals surface area (Å²) in [5.41, 5.74) is 8.65. The number of hydrogen-bond acceptors (Lipinski definition) is 7. The number of ether oxygens (including phenoxy) is 1. The van der Waals surface area contributed by atoms with Crippen molar-refractivity contribution in [3.05, 3.63) is 54.3 Å². The molecule has 32 heavy (non-hydrogen) atoms. The van der Waals surface area contributed by atoms with Crippen molar-refractivity contribution in [1.82, 2.24) is 19.7 Å². The van der Waals surface area contributed by atoms with Crippen LogP contribution in [-0.2, 0) is 7.05 Å². The molecule has 8 nitrogen and oxygen atoms in total. The predicted molar refractivity (Wildman–Crippen MR) is 124 cm³/mol.